The molecule has 152 valence electrons. The lowest BCUT2D eigenvalue weighted by atomic mass is 10.2. The summed E-state index contributed by atoms with van der Waals surface area (Å²) in [5.74, 6) is -0.831. The Kier molecular flexibility index (Phi) is 6.06. The van der Waals surface area contributed by atoms with Gasteiger partial charge in [0, 0.05) is 24.6 Å². The number of benzene rings is 1. The number of aromatic nitrogens is 4. The minimum atomic E-state index is -2.74. The quantitative estimate of drug-likeness (QED) is 0.580. The molecule has 11 heteroatoms. The summed E-state index contributed by atoms with van der Waals surface area (Å²) in [5, 5.41) is 13.2. The van der Waals surface area contributed by atoms with E-state index < -0.39 is 18.0 Å². The first kappa shape index (κ1) is 20.6. The highest BCUT2D eigenvalue weighted by Gasteiger charge is 2.21. The number of aryl methyl sites for hydroxylation is 1. The number of alkyl halides is 2. The van der Waals surface area contributed by atoms with Crippen molar-refractivity contribution in [3.8, 4) is 0 Å². The zero-order chi connectivity index (χ0) is 21.1. The van der Waals surface area contributed by atoms with Crippen molar-refractivity contribution in [1.82, 2.24) is 19.6 Å². The molecule has 0 aliphatic heterocycles. The highest BCUT2D eigenvalue weighted by molar-refractivity contribution is 9.10. The van der Waals surface area contributed by atoms with E-state index in [0.717, 1.165) is 0 Å². The van der Waals surface area contributed by atoms with Crippen LogP contribution in [0, 0.1) is 6.92 Å². The topological polar surface area (TPSA) is 93.8 Å². The second-order valence-electron chi connectivity index (χ2n) is 6.20. The van der Waals surface area contributed by atoms with Crippen LogP contribution < -0.4 is 10.6 Å². The van der Waals surface area contributed by atoms with Crippen LogP contribution in [0.25, 0.3) is 0 Å². The van der Waals surface area contributed by atoms with E-state index in [2.05, 4.69) is 36.8 Å². The molecule has 2 N–H and O–H groups in total. The van der Waals surface area contributed by atoms with Crippen molar-refractivity contribution in [1.29, 1.82) is 0 Å². The molecule has 0 aliphatic carbocycles. The molecule has 1 aromatic carbocycles. The van der Waals surface area contributed by atoms with E-state index in [1.807, 2.05) is 0 Å². The van der Waals surface area contributed by atoms with Crippen molar-refractivity contribution in [3.63, 3.8) is 0 Å². The van der Waals surface area contributed by atoms with E-state index in [-0.39, 0.29) is 22.6 Å². The summed E-state index contributed by atoms with van der Waals surface area (Å²) in [5.41, 5.74) is 1.18. The molecule has 0 aliphatic rings. The van der Waals surface area contributed by atoms with Gasteiger partial charge in [-0.1, -0.05) is 6.07 Å². The lowest BCUT2D eigenvalue weighted by Crippen LogP contribution is -2.20. The average molecular weight is 467 g/mol. The van der Waals surface area contributed by atoms with Gasteiger partial charge in [0.15, 0.2) is 5.69 Å². The Labute approximate surface area is 173 Å². The van der Waals surface area contributed by atoms with E-state index in [4.69, 9.17) is 0 Å². The molecule has 0 saturated carbocycles. The van der Waals surface area contributed by atoms with Crippen molar-refractivity contribution < 1.29 is 18.4 Å². The summed E-state index contributed by atoms with van der Waals surface area (Å²) in [6, 6.07) is 8.13. The number of hydrogen-bond acceptors (Lipinski definition) is 4. The van der Waals surface area contributed by atoms with E-state index in [9.17, 15) is 18.4 Å². The van der Waals surface area contributed by atoms with Crippen LogP contribution in [0.5, 0.6) is 0 Å². The van der Waals surface area contributed by atoms with Gasteiger partial charge >= 0.3 is 0 Å². The van der Waals surface area contributed by atoms with Gasteiger partial charge in [-0.25, -0.2) is 8.78 Å². The van der Waals surface area contributed by atoms with Gasteiger partial charge in [-0.2, -0.15) is 10.2 Å². The molecular formula is C18H17BrF2N6O2. The zero-order valence-electron chi connectivity index (χ0n) is 15.5. The molecule has 0 bridgehead atoms. The lowest BCUT2D eigenvalue weighted by Gasteiger charge is -2.09. The maximum absolute atomic E-state index is 12.9. The smallest absolute Gasteiger partial charge is 0.283 e. The van der Waals surface area contributed by atoms with Crippen LogP contribution in [0.15, 0.2) is 41.0 Å². The minimum absolute atomic E-state index is 0.180. The van der Waals surface area contributed by atoms with Gasteiger partial charge < -0.3 is 10.6 Å². The lowest BCUT2D eigenvalue weighted by molar-refractivity contribution is -0.117. The van der Waals surface area contributed by atoms with E-state index in [0.29, 0.717) is 17.1 Å². The molecule has 2 heterocycles. The predicted molar refractivity (Wildman–Crippen MR) is 106 cm³/mol. The summed E-state index contributed by atoms with van der Waals surface area (Å²) in [7, 11) is 1.71. The fourth-order valence-electron chi connectivity index (χ4n) is 2.58. The summed E-state index contributed by atoms with van der Waals surface area (Å²) in [6.07, 6.45) is -1.09. The van der Waals surface area contributed by atoms with Crippen LogP contribution in [-0.2, 0) is 18.4 Å². The summed E-state index contributed by atoms with van der Waals surface area (Å²) >= 11 is 3.07. The van der Waals surface area contributed by atoms with Crippen LogP contribution >= 0.6 is 15.9 Å². The molecule has 3 aromatic rings. The fourth-order valence-corrected chi connectivity index (χ4v) is 3.04. The molecule has 2 aromatic heterocycles. The summed E-state index contributed by atoms with van der Waals surface area (Å²) in [6.45, 7) is 1.35. The molecule has 0 atom stereocenters. The van der Waals surface area contributed by atoms with Gasteiger partial charge in [0.05, 0.1) is 10.2 Å². The second-order valence-corrected chi connectivity index (χ2v) is 6.99. The number of carbonyl (C=O) groups is 2. The molecule has 29 heavy (non-hydrogen) atoms. The van der Waals surface area contributed by atoms with Crippen molar-refractivity contribution in [2.24, 2.45) is 7.05 Å². The average Bonchev–Trinajstić information content (AvgIpc) is 3.21. The molecule has 3 rings (SSSR count). The Morgan fingerprint density at radius 1 is 1.17 bits per heavy atom. The number of nitrogens with zero attached hydrogens (tertiary/aromatic N) is 4. The third-order valence-electron chi connectivity index (χ3n) is 4.01. The number of carbonyl (C=O) groups excluding carboxylic acids is 2. The SMILES string of the molecule is Cc1c(Br)c(C(F)F)nn1CC(=O)Nc1cccc(NC(=O)c2ccn(C)n2)c1. The van der Waals surface area contributed by atoms with Crippen molar-refractivity contribution in [2.75, 3.05) is 10.6 Å². The van der Waals surface area contributed by atoms with Crippen LogP contribution in [0.2, 0.25) is 0 Å². The highest BCUT2D eigenvalue weighted by atomic mass is 79.9. The number of hydrogen-bond donors (Lipinski definition) is 2. The molecule has 0 fully saturated rings. The molecular weight excluding hydrogens is 450 g/mol. The Balaban J connectivity index is 1.66. The van der Waals surface area contributed by atoms with Crippen LogP contribution in [0.4, 0.5) is 20.2 Å². The van der Waals surface area contributed by atoms with E-state index >= 15 is 0 Å². The van der Waals surface area contributed by atoms with Crippen LogP contribution in [-0.4, -0.2) is 31.4 Å². The Hall–Kier alpha value is -3.08. The first-order valence-corrected chi connectivity index (χ1v) is 9.25. The molecule has 0 spiro atoms. The third-order valence-corrected chi connectivity index (χ3v) is 4.99. The summed E-state index contributed by atoms with van der Waals surface area (Å²) in [4.78, 5) is 24.5. The van der Waals surface area contributed by atoms with E-state index in [1.54, 1.807) is 50.5 Å². The standard InChI is InChI=1S/C18H17BrF2N6O2/c1-10-15(19)16(17(20)21)25-27(10)9-14(28)22-11-4-3-5-12(8-11)23-18(29)13-6-7-26(2)24-13/h3-8,17H,9H2,1-2H3,(H,22,28)(H,23,29). The molecule has 2 amide bonds. The Bertz CT molecular complexity index is 1060. The van der Waals surface area contributed by atoms with Gasteiger partial charge in [0.2, 0.25) is 5.91 Å². The number of anilines is 2. The number of halogens is 3. The number of amides is 2. The number of nitrogens with one attached hydrogen (secondary N) is 2. The maximum Gasteiger partial charge on any atom is 0.283 e. The summed E-state index contributed by atoms with van der Waals surface area (Å²) < 4.78 is 28.8. The van der Waals surface area contributed by atoms with Gasteiger partial charge in [-0.15, -0.1) is 0 Å². The van der Waals surface area contributed by atoms with E-state index in [1.165, 1.54) is 9.36 Å². The third kappa shape index (κ3) is 4.86. The Morgan fingerprint density at radius 3 is 2.45 bits per heavy atom. The van der Waals surface area contributed by atoms with Gasteiger partial charge in [0.25, 0.3) is 12.3 Å². The minimum Gasteiger partial charge on any atom is -0.324 e. The van der Waals surface area contributed by atoms with Crippen molar-refractivity contribution in [2.45, 2.75) is 19.9 Å². The van der Waals surface area contributed by atoms with Crippen LogP contribution in [0.1, 0.15) is 28.3 Å². The Morgan fingerprint density at radius 2 is 1.86 bits per heavy atom. The zero-order valence-corrected chi connectivity index (χ0v) is 17.1. The van der Waals surface area contributed by atoms with Crippen LogP contribution in [0.3, 0.4) is 0 Å². The van der Waals surface area contributed by atoms with Crippen molar-refractivity contribution >= 4 is 39.1 Å². The molecule has 0 radical (unpaired) electrons. The second kappa shape index (κ2) is 8.52. The number of rotatable bonds is 6. The predicted octanol–water partition coefficient (Wildman–Crippen LogP) is 3.52. The van der Waals surface area contributed by atoms with Gasteiger partial charge in [0.1, 0.15) is 12.2 Å². The monoisotopic (exact) mass is 466 g/mol. The normalized spacial score (nSPS) is 11.0. The molecule has 0 unspecified atom stereocenters. The largest absolute Gasteiger partial charge is 0.324 e. The first-order valence-electron chi connectivity index (χ1n) is 8.46. The molecule has 0 saturated heterocycles. The van der Waals surface area contributed by atoms with Gasteiger partial charge in [-0.05, 0) is 47.1 Å². The first-order chi connectivity index (χ1) is 13.7. The maximum atomic E-state index is 12.9. The highest BCUT2D eigenvalue weighted by Crippen LogP contribution is 2.29. The fraction of sp³-hybridized carbons (Fsp3) is 0.222. The van der Waals surface area contributed by atoms with Crippen molar-refractivity contribution in [3.05, 3.63) is 58.1 Å². The molecule has 8 nitrogen and oxygen atoms in total. The van der Waals surface area contributed by atoms with Gasteiger partial charge in [-0.3, -0.25) is 19.0 Å².